The van der Waals surface area contributed by atoms with Crippen molar-refractivity contribution in [1.29, 1.82) is 0 Å². The average molecular weight is 289 g/mol. The third-order valence-electron chi connectivity index (χ3n) is 2.75. The molecule has 104 valence electrons. The van der Waals surface area contributed by atoms with E-state index >= 15 is 0 Å². The minimum atomic E-state index is -0.237. The number of carbonyl (C=O) groups is 1. The van der Waals surface area contributed by atoms with E-state index in [0.29, 0.717) is 18.1 Å². The molecule has 0 aromatic heterocycles. The number of thioether (sulfide) groups is 1. The SMILES string of the molecule is O=C(CSCc1ccc(F)cc1)NCc1ccccc1. The first-order chi connectivity index (χ1) is 9.74. The van der Waals surface area contributed by atoms with Crippen molar-refractivity contribution in [2.24, 2.45) is 0 Å². The molecule has 0 heterocycles. The summed E-state index contributed by atoms with van der Waals surface area (Å²) in [6, 6.07) is 16.2. The third-order valence-corrected chi connectivity index (χ3v) is 3.75. The van der Waals surface area contributed by atoms with Crippen molar-refractivity contribution < 1.29 is 9.18 Å². The third kappa shape index (κ3) is 5.05. The van der Waals surface area contributed by atoms with E-state index in [0.717, 1.165) is 11.1 Å². The molecule has 2 nitrogen and oxygen atoms in total. The van der Waals surface area contributed by atoms with E-state index in [4.69, 9.17) is 0 Å². The molecule has 0 spiro atoms. The first-order valence-corrected chi connectivity index (χ1v) is 7.52. The van der Waals surface area contributed by atoms with Crippen molar-refractivity contribution in [1.82, 2.24) is 5.32 Å². The van der Waals surface area contributed by atoms with Gasteiger partial charge < -0.3 is 5.32 Å². The maximum atomic E-state index is 12.7. The Morgan fingerprint density at radius 1 is 1.00 bits per heavy atom. The van der Waals surface area contributed by atoms with Crippen LogP contribution >= 0.6 is 11.8 Å². The number of rotatable bonds is 6. The van der Waals surface area contributed by atoms with E-state index in [-0.39, 0.29) is 11.7 Å². The molecule has 4 heteroatoms. The van der Waals surface area contributed by atoms with Crippen LogP contribution < -0.4 is 5.32 Å². The molecule has 0 unspecified atom stereocenters. The Hall–Kier alpha value is -1.81. The lowest BCUT2D eigenvalue weighted by Crippen LogP contribution is -2.24. The molecular formula is C16H16FNOS. The van der Waals surface area contributed by atoms with Crippen LogP contribution in [0.25, 0.3) is 0 Å². The summed E-state index contributed by atoms with van der Waals surface area (Å²) in [6.45, 7) is 0.552. The Morgan fingerprint density at radius 3 is 2.40 bits per heavy atom. The zero-order valence-corrected chi connectivity index (χ0v) is 11.8. The zero-order valence-electron chi connectivity index (χ0n) is 11.0. The molecule has 0 aliphatic heterocycles. The molecule has 0 fully saturated rings. The highest BCUT2D eigenvalue weighted by molar-refractivity contribution is 7.99. The van der Waals surface area contributed by atoms with Gasteiger partial charge in [-0.3, -0.25) is 4.79 Å². The van der Waals surface area contributed by atoms with E-state index in [1.807, 2.05) is 30.3 Å². The number of halogens is 1. The maximum absolute atomic E-state index is 12.7. The zero-order chi connectivity index (χ0) is 14.2. The van der Waals surface area contributed by atoms with E-state index in [9.17, 15) is 9.18 Å². The van der Waals surface area contributed by atoms with Crippen molar-refractivity contribution >= 4 is 17.7 Å². The summed E-state index contributed by atoms with van der Waals surface area (Å²) in [4.78, 5) is 11.7. The van der Waals surface area contributed by atoms with Gasteiger partial charge in [0.25, 0.3) is 0 Å². The second-order valence-electron chi connectivity index (χ2n) is 4.38. The summed E-state index contributed by atoms with van der Waals surface area (Å²) in [6.07, 6.45) is 0. The van der Waals surface area contributed by atoms with Crippen LogP contribution in [0.4, 0.5) is 4.39 Å². The summed E-state index contributed by atoms with van der Waals surface area (Å²) in [5, 5.41) is 2.87. The van der Waals surface area contributed by atoms with Crippen molar-refractivity contribution in [2.75, 3.05) is 5.75 Å². The van der Waals surface area contributed by atoms with Crippen LogP contribution in [0.5, 0.6) is 0 Å². The van der Waals surface area contributed by atoms with Gasteiger partial charge in [0.1, 0.15) is 5.82 Å². The van der Waals surface area contributed by atoms with Crippen LogP contribution in [0.1, 0.15) is 11.1 Å². The second-order valence-corrected chi connectivity index (χ2v) is 5.37. The molecule has 2 aromatic carbocycles. The van der Waals surface area contributed by atoms with E-state index in [2.05, 4.69) is 5.32 Å². The number of carbonyl (C=O) groups excluding carboxylic acids is 1. The van der Waals surface area contributed by atoms with E-state index in [1.54, 1.807) is 12.1 Å². The van der Waals surface area contributed by atoms with Gasteiger partial charge in [-0.05, 0) is 23.3 Å². The van der Waals surface area contributed by atoms with Gasteiger partial charge in [-0.2, -0.15) is 0 Å². The molecule has 0 saturated heterocycles. The minimum Gasteiger partial charge on any atom is -0.351 e. The number of nitrogens with one attached hydrogen (secondary N) is 1. The largest absolute Gasteiger partial charge is 0.351 e. The van der Waals surface area contributed by atoms with Gasteiger partial charge in [0.05, 0.1) is 5.75 Å². The maximum Gasteiger partial charge on any atom is 0.230 e. The Morgan fingerprint density at radius 2 is 1.70 bits per heavy atom. The topological polar surface area (TPSA) is 29.1 Å². The van der Waals surface area contributed by atoms with Crippen LogP contribution in [0.2, 0.25) is 0 Å². The number of amides is 1. The molecule has 1 amide bonds. The number of hydrogen-bond acceptors (Lipinski definition) is 2. The van der Waals surface area contributed by atoms with Crippen molar-refractivity contribution in [3.63, 3.8) is 0 Å². The van der Waals surface area contributed by atoms with Crippen LogP contribution in [0.15, 0.2) is 54.6 Å². The van der Waals surface area contributed by atoms with Gasteiger partial charge in [-0.15, -0.1) is 11.8 Å². The highest BCUT2D eigenvalue weighted by Crippen LogP contribution is 2.12. The lowest BCUT2D eigenvalue weighted by molar-refractivity contribution is -0.118. The molecule has 0 aliphatic rings. The average Bonchev–Trinajstić information content (AvgIpc) is 2.48. The molecule has 0 bridgehead atoms. The minimum absolute atomic E-state index is 0.0148. The Bertz CT molecular complexity index is 542. The summed E-state index contributed by atoms with van der Waals surface area (Å²) in [5.74, 6) is 0.892. The van der Waals surface area contributed by atoms with Crippen LogP contribution in [0.3, 0.4) is 0 Å². The number of benzene rings is 2. The van der Waals surface area contributed by atoms with Crippen molar-refractivity contribution in [3.05, 3.63) is 71.5 Å². The lowest BCUT2D eigenvalue weighted by Gasteiger charge is -2.05. The molecule has 0 aliphatic carbocycles. The fourth-order valence-electron chi connectivity index (χ4n) is 1.69. The lowest BCUT2D eigenvalue weighted by atomic mass is 10.2. The van der Waals surface area contributed by atoms with Crippen molar-refractivity contribution in [3.8, 4) is 0 Å². The monoisotopic (exact) mass is 289 g/mol. The fraction of sp³-hybridized carbons (Fsp3) is 0.188. The van der Waals surface area contributed by atoms with Crippen LogP contribution in [-0.2, 0) is 17.1 Å². The van der Waals surface area contributed by atoms with Gasteiger partial charge in [0.15, 0.2) is 0 Å². The predicted octanol–water partition coefficient (Wildman–Crippen LogP) is 3.38. The first-order valence-electron chi connectivity index (χ1n) is 6.37. The predicted molar refractivity (Wildman–Crippen MR) is 80.9 cm³/mol. The van der Waals surface area contributed by atoms with E-state index < -0.39 is 0 Å². The summed E-state index contributed by atoms with van der Waals surface area (Å²) < 4.78 is 12.7. The smallest absolute Gasteiger partial charge is 0.230 e. The standard InChI is InChI=1S/C16H16FNOS/c17-15-8-6-14(7-9-15)11-20-12-16(19)18-10-13-4-2-1-3-5-13/h1-9H,10-12H2,(H,18,19). The normalized spacial score (nSPS) is 10.2. The highest BCUT2D eigenvalue weighted by atomic mass is 32.2. The first kappa shape index (κ1) is 14.6. The fourth-order valence-corrected chi connectivity index (χ4v) is 2.51. The molecule has 1 N–H and O–H groups in total. The summed E-state index contributed by atoms with van der Waals surface area (Å²) >= 11 is 1.52. The summed E-state index contributed by atoms with van der Waals surface area (Å²) in [7, 11) is 0. The van der Waals surface area contributed by atoms with Gasteiger partial charge in [-0.25, -0.2) is 4.39 Å². The Labute approximate surface area is 122 Å². The number of hydrogen-bond donors (Lipinski definition) is 1. The summed E-state index contributed by atoms with van der Waals surface area (Å²) in [5.41, 5.74) is 2.11. The van der Waals surface area contributed by atoms with Crippen LogP contribution in [0, 0.1) is 5.82 Å². The molecule has 0 atom stereocenters. The van der Waals surface area contributed by atoms with Gasteiger partial charge in [0, 0.05) is 12.3 Å². The quantitative estimate of drug-likeness (QED) is 0.883. The molecule has 2 rings (SSSR count). The van der Waals surface area contributed by atoms with E-state index in [1.165, 1.54) is 23.9 Å². The van der Waals surface area contributed by atoms with Gasteiger partial charge in [-0.1, -0.05) is 42.5 Å². The van der Waals surface area contributed by atoms with Crippen LogP contribution in [-0.4, -0.2) is 11.7 Å². The second kappa shape index (κ2) is 7.70. The molecule has 0 saturated carbocycles. The van der Waals surface area contributed by atoms with Gasteiger partial charge >= 0.3 is 0 Å². The Kier molecular flexibility index (Phi) is 5.62. The molecule has 20 heavy (non-hydrogen) atoms. The highest BCUT2D eigenvalue weighted by Gasteiger charge is 2.02. The van der Waals surface area contributed by atoms with Gasteiger partial charge in [0.2, 0.25) is 5.91 Å². The van der Waals surface area contributed by atoms with Crippen molar-refractivity contribution in [2.45, 2.75) is 12.3 Å². The molecular weight excluding hydrogens is 273 g/mol. The Balaban J connectivity index is 1.66. The molecule has 0 radical (unpaired) electrons. The molecule has 2 aromatic rings.